The Kier molecular flexibility index (Phi) is 3.63. The molecule has 2 aliphatic rings. The van der Waals surface area contributed by atoms with Crippen molar-refractivity contribution < 1.29 is 9.53 Å². The van der Waals surface area contributed by atoms with E-state index in [1.54, 1.807) is 16.7 Å². The highest BCUT2D eigenvalue weighted by molar-refractivity contribution is 5.78. The Morgan fingerprint density at radius 1 is 1.50 bits per heavy atom. The minimum atomic E-state index is -0.631. The number of piperidine rings is 1. The van der Waals surface area contributed by atoms with E-state index in [1.807, 2.05) is 26.8 Å². The number of hydrogen-bond donors (Lipinski definition) is 1. The molecule has 0 aliphatic carbocycles. The van der Waals surface area contributed by atoms with Crippen LogP contribution in [-0.2, 0) is 16.1 Å². The smallest absolute Gasteiger partial charge is 0.315 e. The maximum absolute atomic E-state index is 12.8. The van der Waals surface area contributed by atoms with Crippen molar-refractivity contribution in [2.75, 3.05) is 13.1 Å². The molecule has 1 saturated heterocycles. The van der Waals surface area contributed by atoms with Crippen molar-refractivity contribution in [1.29, 1.82) is 0 Å². The van der Waals surface area contributed by atoms with Crippen molar-refractivity contribution >= 4 is 5.97 Å². The van der Waals surface area contributed by atoms with Crippen molar-refractivity contribution in [3.8, 4) is 0 Å². The molecule has 3 rings (SSSR count). The number of carbonyl (C=O) groups excluding carboxylic acids is 1. The monoisotopic (exact) mass is 304 g/mol. The van der Waals surface area contributed by atoms with Crippen LogP contribution in [0.1, 0.15) is 45.2 Å². The second kappa shape index (κ2) is 5.23. The van der Waals surface area contributed by atoms with Crippen LogP contribution in [0.3, 0.4) is 0 Å². The van der Waals surface area contributed by atoms with E-state index in [1.165, 1.54) is 0 Å². The van der Waals surface area contributed by atoms with Crippen molar-refractivity contribution in [3.63, 3.8) is 0 Å². The van der Waals surface area contributed by atoms with Gasteiger partial charge in [0, 0.05) is 37.3 Å². The Balaban J connectivity index is 1.96. The lowest BCUT2D eigenvalue weighted by molar-refractivity contribution is -0.173. The predicted octanol–water partition coefficient (Wildman–Crippen LogP) is 1.66. The number of carbonyl (C=O) groups is 1. The van der Waals surface area contributed by atoms with Crippen LogP contribution in [0.4, 0.5) is 0 Å². The van der Waals surface area contributed by atoms with Gasteiger partial charge in [0.05, 0.1) is 5.41 Å². The molecule has 1 fully saturated rings. The number of pyridine rings is 1. The van der Waals surface area contributed by atoms with E-state index in [-0.39, 0.29) is 17.4 Å². The molecule has 3 heterocycles. The van der Waals surface area contributed by atoms with Crippen LogP contribution in [-0.4, -0.2) is 29.2 Å². The average molecular weight is 304 g/mol. The lowest BCUT2D eigenvalue weighted by atomic mass is 9.72. The summed E-state index contributed by atoms with van der Waals surface area (Å²) in [5.41, 5.74) is -0.109. The van der Waals surface area contributed by atoms with Gasteiger partial charge in [0.2, 0.25) is 0 Å². The van der Waals surface area contributed by atoms with Crippen LogP contribution in [0.2, 0.25) is 0 Å². The fourth-order valence-electron chi connectivity index (χ4n) is 3.45. The second-order valence-electron chi connectivity index (χ2n) is 7.19. The molecule has 5 heteroatoms. The number of nitrogens with zero attached hydrogens (tertiary/aromatic N) is 1. The fourth-order valence-corrected chi connectivity index (χ4v) is 3.45. The number of esters is 1. The summed E-state index contributed by atoms with van der Waals surface area (Å²) < 4.78 is 7.52. The number of hydrogen-bond acceptors (Lipinski definition) is 4. The van der Waals surface area contributed by atoms with Gasteiger partial charge in [-0.15, -0.1) is 0 Å². The average Bonchev–Trinajstić information content (AvgIpc) is 2.48. The predicted molar refractivity (Wildman–Crippen MR) is 83.8 cm³/mol. The molecular weight excluding hydrogens is 280 g/mol. The second-order valence-corrected chi connectivity index (χ2v) is 7.19. The molecule has 0 spiro atoms. The molecule has 5 nitrogen and oxygen atoms in total. The highest BCUT2D eigenvalue weighted by Gasteiger charge is 2.49. The standard InChI is InChI=1S/C17H24N2O3/c1-4-16(2,3)22-15(21)17-8-12(9-18-10-17)13-6-5-7-14(20)19(13)11-17/h5-7,12,18H,4,8-11H2,1-3H3/t12-,17-/m1/s1. The first kappa shape index (κ1) is 15.3. The number of rotatable bonds is 3. The van der Waals surface area contributed by atoms with Gasteiger partial charge in [-0.1, -0.05) is 13.0 Å². The third-order valence-corrected chi connectivity index (χ3v) is 5.11. The van der Waals surface area contributed by atoms with E-state index < -0.39 is 11.0 Å². The van der Waals surface area contributed by atoms with Crippen LogP contribution < -0.4 is 10.9 Å². The summed E-state index contributed by atoms with van der Waals surface area (Å²) in [6, 6.07) is 5.35. The minimum Gasteiger partial charge on any atom is -0.459 e. The molecule has 2 bridgehead atoms. The molecule has 22 heavy (non-hydrogen) atoms. The summed E-state index contributed by atoms with van der Waals surface area (Å²) in [7, 11) is 0. The Morgan fingerprint density at radius 2 is 2.27 bits per heavy atom. The zero-order chi connectivity index (χ0) is 16.0. The molecule has 2 atom stereocenters. The number of fused-ring (bicyclic) bond motifs is 4. The normalized spacial score (nSPS) is 27.1. The SMILES string of the molecule is CCC(C)(C)OC(=O)[C@@]12CNC[C@@H](C1)c1cccc(=O)n1C2. The van der Waals surface area contributed by atoms with Crippen molar-refractivity contribution in [2.24, 2.45) is 5.41 Å². The number of ether oxygens (including phenoxy) is 1. The van der Waals surface area contributed by atoms with Gasteiger partial charge in [0.1, 0.15) is 5.60 Å². The first-order chi connectivity index (χ1) is 10.4. The minimum absolute atomic E-state index is 0.0315. The van der Waals surface area contributed by atoms with Gasteiger partial charge in [-0.25, -0.2) is 0 Å². The first-order valence-corrected chi connectivity index (χ1v) is 8.01. The first-order valence-electron chi connectivity index (χ1n) is 8.01. The Hall–Kier alpha value is -1.62. The molecular formula is C17H24N2O3. The molecule has 0 amide bonds. The Labute approximate surface area is 130 Å². The Bertz CT molecular complexity index is 650. The van der Waals surface area contributed by atoms with E-state index in [0.717, 1.165) is 25.1 Å². The molecule has 2 aliphatic heterocycles. The zero-order valence-electron chi connectivity index (χ0n) is 13.5. The molecule has 1 aromatic heterocycles. The third kappa shape index (κ3) is 2.47. The highest BCUT2D eigenvalue weighted by atomic mass is 16.6. The maximum atomic E-state index is 12.8. The van der Waals surface area contributed by atoms with E-state index >= 15 is 0 Å². The summed E-state index contributed by atoms with van der Waals surface area (Å²) in [5.74, 6) is 0.00615. The van der Waals surface area contributed by atoms with E-state index in [4.69, 9.17) is 4.74 Å². The van der Waals surface area contributed by atoms with Crippen LogP contribution in [0.25, 0.3) is 0 Å². The summed E-state index contributed by atoms with van der Waals surface area (Å²) in [6.45, 7) is 7.65. The van der Waals surface area contributed by atoms with Crippen molar-refractivity contribution in [3.05, 3.63) is 34.2 Å². The molecule has 0 aromatic carbocycles. The highest BCUT2D eigenvalue weighted by Crippen LogP contribution is 2.42. The quantitative estimate of drug-likeness (QED) is 0.863. The van der Waals surface area contributed by atoms with Gasteiger partial charge in [-0.05, 0) is 32.8 Å². The largest absolute Gasteiger partial charge is 0.459 e. The number of nitrogens with one attached hydrogen (secondary N) is 1. The Morgan fingerprint density at radius 3 is 3.00 bits per heavy atom. The van der Waals surface area contributed by atoms with Gasteiger partial charge >= 0.3 is 5.97 Å². The van der Waals surface area contributed by atoms with Crippen molar-refractivity contribution in [2.45, 2.75) is 51.7 Å². The van der Waals surface area contributed by atoms with E-state index in [0.29, 0.717) is 13.1 Å². The van der Waals surface area contributed by atoms with Gasteiger partial charge in [-0.3, -0.25) is 9.59 Å². The summed E-state index contributed by atoms with van der Waals surface area (Å²) in [6.07, 6.45) is 1.52. The van der Waals surface area contributed by atoms with Gasteiger partial charge in [0.15, 0.2) is 0 Å². The topological polar surface area (TPSA) is 60.3 Å². The molecule has 1 N–H and O–H groups in total. The van der Waals surface area contributed by atoms with Gasteiger partial charge in [-0.2, -0.15) is 0 Å². The number of aromatic nitrogens is 1. The summed E-state index contributed by atoms with van der Waals surface area (Å²) >= 11 is 0. The summed E-state index contributed by atoms with van der Waals surface area (Å²) in [5, 5.41) is 3.36. The van der Waals surface area contributed by atoms with Crippen molar-refractivity contribution in [1.82, 2.24) is 9.88 Å². The van der Waals surface area contributed by atoms with Crippen LogP contribution in [0.5, 0.6) is 0 Å². The van der Waals surface area contributed by atoms with Crippen LogP contribution in [0, 0.1) is 5.41 Å². The van der Waals surface area contributed by atoms with E-state index in [2.05, 4.69) is 5.32 Å². The molecule has 0 unspecified atom stereocenters. The van der Waals surface area contributed by atoms with Gasteiger partial charge < -0.3 is 14.6 Å². The van der Waals surface area contributed by atoms with Crippen LogP contribution >= 0.6 is 0 Å². The zero-order valence-corrected chi connectivity index (χ0v) is 13.5. The van der Waals surface area contributed by atoms with Crippen LogP contribution in [0.15, 0.2) is 23.0 Å². The third-order valence-electron chi connectivity index (χ3n) is 5.11. The lowest BCUT2D eigenvalue weighted by Gasteiger charge is -2.45. The van der Waals surface area contributed by atoms with E-state index in [9.17, 15) is 9.59 Å². The van der Waals surface area contributed by atoms with Gasteiger partial charge in [0.25, 0.3) is 5.56 Å². The maximum Gasteiger partial charge on any atom is 0.315 e. The molecule has 0 saturated carbocycles. The molecule has 120 valence electrons. The molecule has 0 radical (unpaired) electrons. The lowest BCUT2D eigenvalue weighted by Crippen LogP contribution is -2.57. The fraction of sp³-hybridized carbons (Fsp3) is 0.647. The summed E-state index contributed by atoms with van der Waals surface area (Å²) in [4.78, 5) is 25.0. The molecule has 1 aromatic rings.